The van der Waals surface area contributed by atoms with E-state index in [-0.39, 0.29) is 0 Å². The molecule has 1 saturated carbocycles. The Bertz CT molecular complexity index is 403. The van der Waals surface area contributed by atoms with E-state index in [9.17, 15) is 0 Å². The molecule has 0 spiro atoms. The van der Waals surface area contributed by atoms with Crippen molar-refractivity contribution < 1.29 is 0 Å². The van der Waals surface area contributed by atoms with Crippen molar-refractivity contribution in [3.8, 4) is 0 Å². The van der Waals surface area contributed by atoms with Crippen LogP contribution < -0.4 is 0 Å². The minimum absolute atomic E-state index is 0.760. The van der Waals surface area contributed by atoms with Gasteiger partial charge in [0.2, 0.25) is 0 Å². The van der Waals surface area contributed by atoms with Gasteiger partial charge in [0, 0.05) is 10.5 Å². The van der Waals surface area contributed by atoms with Crippen LogP contribution in [-0.2, 0) is 0 Å². The molecule has 0 radical (unpaired) electrons. The number of likely N-dealkylation sites (tertiary alicyclic amines) is 1. The van der Waals surface area contributed by atoms with Gasteiger partial charge in [0.15, 0.2) is 0 Å². The van der Waals surface area contributed by atoms with Crippen LogP contribution in [0.25, 0.3) is 0 Å². The third-order valence-electron chi connectivity index (χ3n) is 4.97. The van der Waals surface area contributed by atoms with Gasteiger partial charge in [-0.05, 0) is 56.3 Å². The van der Waals surface area contributed by atoms with Crippen molar-refractivity contribution in [2.75, 3.05) is 13.1 Å². The molecule has 1 aromatic rings. The summed E-state index contributed by atoms with van der Waals surface area (Å²) in [6.45, 7) is 2.60. The lowest BCUT2D eigenvalue weighted by Gasteiger charge is -2.39. The van der Waals surface area contributed by atoms with Crippen molar-refractivity contribution in [2.45, 2.75) is 56.9 Å². The van der Waals surface area contributed by atoms with Crippen LogP contribution in [0.4, 0.5) is 0 Å². The van der Waals surface area contributed by atoms with E-state index < -0.39 is 0 Å². The molecular formula is C17H24BrN. The molecule has 1 aromatic carbocycles. The van der Waals surface area contributed by atoms with E-state index in [1.54, 1.807) is 0 Å². The minimum Gasteiger partial charge on any atom is -0.300 e. The highest BCUT2D eigenvalue weighted by Crippen LogP contribution is 2.34. The molecule has 2 aliphatic rings. The molecule has 1 aliphatic heterocycles. The summed E-state index contributed by atoms with van der Waals surface area (Å²) in [7, 11) is 0. The summed E-state index contributed by atoms with van der Waals surface area (Å²) in [5.74, 6) is 0.760. The van der Waals surface area contributed by atoms with E-state index in [4.69, 9.17) is 0 Å². The van der Waals surface area contributed by atoms with Gasteiger partial charge in [-0.15, -0.1) is 0 Å². The second-order valence-corrected chi connectivity index (χ2v) is 6.98. The van der Waals surface area contributed by atoms with E-state index >= 15 is 0 Å². The minimum atomic E-state index is 0.760. The second-order valence-electron chi connectivity index (χ2n) is 6.12. The van der Waals surface area contributed by atoms with Crippen LogP contribution in [0.1, 0.15) is 56.4 Å². The van der Waals surface area contributed by atoms with Crippen LogP contribution in [0, 0.1) is 0 Å². The molecule has 0 amide bonds. The van der Waals surface area contributed by atoms with Gasteiger partial charge >= 0.3 is 0 Å². The molecule has 1 saturated heterocycles. The van der Waals surface area contributed by atoms with E-state index in [1.165, 1.54) is 68.1 Å². The third kappa shape index (κ3) is 3.22. The van der Waals surface area contributed by atoms with Gasteiger partial charge in [0.05, 0.1) is 0 Å². The van der Waals surface area contributed by atoms with Gasteiger partial charge in [0.25, 0.3) is 0 Å². The average molecular weight is 322 g/mol. The fourth-order valence-electron chi connectivity index (χ4n) is 3.83. The monoisotopic (exact) mass is 321 g/mol. The third-order valence-corrected chi connectivity index (χ3v) is 5.69. The number of halogens is 1. The number of benzene rings is 1. The number of rotatable bonds is 2. The fraction of sp³-hybridized carbons (Fsp3) is 0.647. The highest BCUT2D eigenvalue weighted by atomic mass is 79.9. The topological polar surface area (TPSA) is 3.24 Å². The highest BCUT2D eigenvalue weighted by molar-refractivity contribution is 9.10. The summed E-state index contributed by atoms with van der Waals surface area (Å²) in [4.78, 5) is 2.77. The van der Waals surface area contributed by atoms with Crippen LogP contribution in [0.2, 0.25) is 0 Å². The first-order chi connectivity index (χ1) is 9.34. The Labute approximate surface area is 125 Å². The van der Waals surface area contributed by atoms with Crippen LogP contribution in [0.15, 0.2) is 28.7 Å². The number of hydrogen-bond acceptors (Lipinski definition) is 1. The molecule has 19 heavy (non-hydrogen) atoms. The van der Waals surface area contributed by atoms with Crippen molar-refractivity contribution in [3.63, 3.8) is 0 Å². The lowest BCUT2D eigenvalue weighted by atomic mass is 9.87. The van der Waals surface area contributed by atoms with Crippen LogP contribution >= 0.6 is 15.9 Å². The molecule has 0 atom stereocenters. The average Bonchev–Trinajstić information content (AvgIpc) is 2.49. The molecule has 1 heterocycles. The Morgan fingerprint density at radius 2 is 1.58 bits per heavy atom. The Morgan fingerprint density at radius 1 is 0.895 bits per heavy atom. The number of nitrogens with zero attached hydrogens (tertiary/aromatic N) is 1. The van der Waals surface area contributed by atoms with Crippen LogP contribution in [0.5, 0.6) is 0 Å². The van der Waals surface area contributed by atoms with Gasteiger partial charge < -0.3 is 4.90 Å². The van der Waals surface area contributed by atoms with Crippen molar-refractivity contribution in [3.05, 3.63) is 34.3 Å². The zero-order chi connectivity index (χ0) is 13.1. The molecule has 0 N–H and O–H groups in total. The summed E-state index contributed by atoms with van der Waals surface area (Å²) < 4.78 is 1.30. The van der Waals surface area contributed by atoms with E-state index in [0.717, 1.165) is 12.0 Å². The van der Waals surface area contributed by atoms with E-state index in [0.29, 0.717) is 0 Å². The molecule has 2 heteroatoms. The Morgan fingerprint density at radius 3 is 2.26 bits per heavy atom. The summed E-state index contributed by atoms with van der Waals surface area (Å²) in [5.41, 5.74) is 1.52. The number of hydrogen-bond donors (Lipinski definition) is 0. The maximum absolute atomic E-state index is 3.71. The molecule has 1 nitrogen and oxygen atoms in total. The quantitative estimate of drug-likeness (QED) is 0.744. The Kier molecular flexibility index (Phi) is 4.60. The SMILES string of the molecule is Brc1ccccc1C1CCN(C2CCCCC2)CC1. The molecule has 2 fully saturated rings. The van der Waals surface area contributed by atoms with E-state index in [2.05, 4.69) is 45.1 Å². The lowest BCUT2D eigenvalue weighted by molar-refractivity contribution is 0.122. The summed E-state index contributed by atoms with van der Waals surface area (Å²) in [6, 6.07) is 9.67. The Hall–Kier alpha value is -0.340. The summed E-state index contributed by atoms with van der Waals surface area (Å²) in [6.07, 6.45) is 9.92. The second kappa shape index (κ2) is 6.41. The maximum atomic E-state index is 3.71. The molecule has 0 bridgehead atoms. The van der Waals surface area contributed by atoms with Crippen LogP contribution in [0.3, 0.4) is 0 Å². The maximum Gasteiger partial charge on any atom is 0.0210 e. The summed E-state index contributed by atoms with van der Waals surface area (Å²) >= 11 is 3.71. The predicted octanol–water partition coefficient (Wildman–Crippen LogP) is 4.96. The molecule has 104 valence electrons. The first kappa shape index (κ1) is 13.6. The largest absolute Gasteiger partial charge is 0.300 e. The zero-order valence-electron chi connectivity index (χ0n) is 11.7. The van der Waals surface area contributed by atoms with E-state index in [1.807, 2.05) is 0 Å². The predicted molar refractivity (Wildman–Crippen MR) is 84.6 cm³/mol. The standard InChI is InChI=1S/C17H24BrN/c18-17-9-5-4-8-16(17)14-10-12-19(13-11-14)15-6-2-1-3-7-15/h4-5,8-9,14-15H,1-3,6-7,10-13H2. The molecule has 1 aliphatic carbocycles. The van der Waals surface area contributed by atoms with Gasteiger partial charge in [-0.1, -0.05) is 53.4 Å². The molecular weight excluding hydrogens is 298 g/mol. The van der Waals surface area contributed by atoms with Crippen molar-refractivity contribution in [2.24, 2.45) is 0 Å². The molecule has 0 unspecified atom stereocenters. The normalized spacial score (nSPS) is 23.6. The first-order valence-corrected chi connectivity index (χ1v) is 8.62. The Balaban J connectivity index is 1.58. The van der Waals surface area contributed by atoms with Crippen molar-refractivity contribution in [1.82, 2.24) is 4.90 Å². The van der Waals surface area contributed by atoms with Crippen LogP contribution in [-0.4, -0.2) is 24.0 Å². The molecule has 0 aromatic heterocycles. The van der Waals surface area contributed by atoms with Gasteiger partial charge in [0.1, 0.15) is 0 Å². The zero-order valence-corrected chi connectivity index (χ0v) is 13.2. The highest BCUT2D eigenvalue weighted by Gasteiger charge is 2.27. The van der Waals surface area contributed by atoms with Gasteiger partial charge in [-0.2, -0.15) is 0 Å². The number of piperidine rings is 1. The smallest absolute Gasteiger partial charge is 0.0210 e. The van der Waals surface area contributed by atoms with Gasteiger partial charge in [-0.25, -0.2) is 0 Å². The van der Waals surface area contributed by atoms with Gasteiger partial charge in [-0.3, -0.25) is 0 Å². The lowest BCUT2D eigenvalue weighted by Crippen LogP contribution is -2.41. The van der Waals surface area contributed by atoms with Crippen molar-refractivity contribution >= 4 is 15.9 Å². The summed E-state index contributed by atoms with van der Waals surface area (Å²) in [5, 5.41) is 0. The first-order valence-electron chi connectivity index (χ1n) is 7.83. The fourth-order valence-corrected chi connectivity index (χ4v) is 4.44. The molecule has 3 rings (SSSR count). The van der Waals surface area contributed by atoms with Crippen molar-refractivity contribution in [1.29, 1.82) is 0 Å².